The lowest BCUT2D eigenvalue weighted by molar-refractivity contribution is -0.149. The Bertz CT molecular complexity index is 528. The third kappa shape index (κ3) is 4.30. The number of aliphatic hydroxyl groups excluding tert-OH is 1. The molecule has 118 valence electrons. The maximum Gasteiger partial charge on any atom is 0.309 e. The van der Waals surface area contributed by atoms with E-state index in [0.717, 1.165) is 31.5 Å². The Morgan fingerprint density at radius 2 is 2.05 bits per heavy atom. The van der Waals surface area contributed by atoms with E-state index in [-0.39, 0.29) is 11.9 Å². The van der Waals surface area contributed by atoms with Crippen LogP contribution < -0.4 is 0 Å². The summed E-state index contributed by atoms with van der Waals surface area (Å²) < 4.78 is 5.06. The van der Waals surface area contributed by atoms with Gasteiger partial charge in [0.15, 0.2) is 0 Å². The lowest BCUT2D eigenvalue weighted by Gasteiger charge is -2.32. The molecule has 0 saturated carbocycles. The average Bonchev–Trinajstić information content (AvgIpc) is 2.55. The van der Waals surface area contributed by atoms with Crippen molar-refractivity contribution >= 4 is 5.97 Å². The molecule has 0 radical (unpaired) electrons. The summed E-state index contributed by atoms with van der Waals surface area (Å²) in [5.41, 5.74) is 1.40. The quantitative estimate of drug-likeness (QED) is 0.841. The summed E-state index contributed by atoms with van der Waals surface area (Å²) in [4.78, 5) is 13.9. The van der Waals surface area contributed by atoms with E-state index in [0.29, 0.717) is 18.7 Å². The number of β-amino-alcohol motifs (C(OH)–C–C–N with tert-alkyl or cyclic N) is 1. The maximum atomic E-state index is 11.7. The molecular weight excluding hydrogens is 280 g/mol. The van der Waals surface area contributed by atoms with E-state index < -0.39 is 6.10 Å². The smallest absolute Gasteiger partial charge is 0.309 e. The van der Waals surface area contributed by atoms with E-state index in [1.807, 2.05) is 6.92 Å². The number of hydrogen-bond acceptors (Lipinski definition) is 5. The molecule has 2 rings (SSSR count). The van der Waals surface area contributed by atoms with Gasteiger partial charge in [0.05, 0.1) is 30.3 Å². The molecule has 1 aliphatic rings. The molecule has 1 N–H and O–H groups in total. The average molecular weight is 302 g/mol. The van der Waals surface area contributed by atoms with Crippen molar-refractivity contribution in [3.05, 3.63) is 35.4 Å². The first-order chi connectivity index (χ1) is 10.6. The monoisotopic (exact) mass is 302 g/mol. The Morgan fingerprint density at radius 1 is 1.41 bits per heavy atom. The highest BCUT2D eigenvalue weighted by Crippen LogP contribution is 2.22. The summed E-state index contributed by atoms with van der Waals surface area (Å²) in [6.07, 6.45) is 0.976. The summed E-state index contributed by atoms with van der Waals surface area (Å²) in [5.74, 6) is -0.113. The Hall–Kier alpha value is -1.90. The van der Waals surface area contributed by atoms with Gasteiger partial charge in [0.1, 0.15) is 0 Å². The molecule has 0 amide bonds. The van der Waals surface area contributed by atoms with Crippen molar-refractivity contribution in [1.82, 2.24) is 4.90 Å². The van der Waals surface area contributed by atoms with E-state index in [1.165, 1.54) is 0 Å². The van der Waals surface area contributed by atoms with Gasteiger partial charge in [-0.15, -0.1) is 0 Å². The Balaban J connectivity index is 1.82. The van der Waals surface area contributed by atoms with Crippen molar-refractivity contribution in [2.75, 3.05) is 26.2 Å². The minimum absolute atomic E-state index is 0.0109. The Labute approximate surface area is 131 Å². The van der Waals surface area contributed by atoms with E-state index >= 15 is 0 Å². The van der Waals surface area contributed by atoms with Crippen molar-refractivity contribution in [3.63, 3.8) is 0 Å². The Kier molecular flexibility index (Phi) is 5.93. The molecular formula is C17H22N2O3. The molecule has 1 unspecified atom stereocenters. The number of esters is 1. The fourth-order valence-electron chi connectivity index (χ4n) is 2.74. The molecule has 1 fully saturated rings. The molecule has 5 heteroatoms. The largest absolute Gasteiger partial charge is 0.466 e. The van der Waals surface area contributed by atoms with Crippen LogP contribution in [0.25, 0.3) is 0 Å². The van der Waals surface area contributed by atoms with Gasteiger partial charge in [0.25, 0.3) is 0 Å². The number of carbonyl (C=O) groups is 1. The number of nitriles is 1. The number of likely N-dealkylation sites (tertiary alicyclic amines) is 1. The van der Waals surface area contributed by atoms with Gasteiger partial charge in [0.2, 0.25) is 0 Å². The van der Waals surface area contributed by atoms with Crippen LogP contribution in [-0.2, 0) is 9.53 Å². The zero-order valence-electron chi connectivity index (χ0n) is 12.9. The van der Waals surface area contributed by atoms with Crippen molar-refractivity contribution in [1.29, 1.82) is 5.26 Å². The number of ether oxygens (including phenoxy) is 1. The first kappa shape index (κ1) is 16.5. The molecule has 22 heavy (non-hydrogen) atoms. The highest BCUT2D eigenvalue weighted by Gasteiger charge is 2.26. The van der Waals surface area contributed by atoms with Gasteiger partial charge in [0, 0.05) is 6.54 Å². The number of nitrogens with zero attached hydrogens (tertiary/aromatic N) is 2. The molecule has 0 aliphatic carbocycles. The van der Waals surface area contributed by atoms with Crippen LogP contribution in [0.1, 0.15) is 37.0 Å². The lowest BCUT2D eigenvalue weighted by Crippen LogP contribution is -2.39. The van der Waals surface area contributed by atoms with Crippen LogP contribution >= 0.6 is 0 Å². The second-order valence-electron chi connectivity index (χ2n) is 5.58. The maximum absolute atomic E-state index is 11.7. The Morgan fingerprint density at radius 3 is 2.59 bits per heavy atom. The lowest BCUT2D eigenvalue weighted by atomic mass is 9.96. The topological polar surface area (TPSA) is 73.6 Å². The van der Waals surface area contributed by atoms with Gasteiger partial charge in [-0.2, -0.15) is 5.26 Å². The molecule has 0 aromatic heterocycles. The van der Waals surface area contributed by atoms with E-state index in [4.69, 9.17) is 10.00 Å². The number of aliphatic hydroxyl groups is 1. The predicted octanol–water partition coefficient (Wildman–Crippen LogP) is 1.87. The standard InChI is InChI=1S/C17H22N2O3/c1-2-22-17(21)15-7-9-19(10-8-15)12-16(20)14-5-3-13(11-18)4-6-14/h3-6,15-16,20H,2,7-10,12H2,1H3. The molecule has 1 heterocycles. The number of carbonyl (C=O) groups excluding carboxylic acids is 1. The predicted molar refractivity (Wildman–Crippen MR) is 81.9 cm³/mol. The third-order valence-corrected chi connectivity index (χ3v) is 4.06. The van der Waals surface area contributed by atoms with Gasteiger partial charge in [-0.25, -0.2) is 0 Å². The van der Waals surface area contributed by atoms with E-state index in [2.05, 4.69) is 11.0 Å². The normalized spacial score (nSPS) is 17.7. The second-order valence-corrected chi connectivity index (χ2v) is 5.58. The minimum Gasteiger partial charge on any atom is -0.466 e. The first-order valence-corrected chi connectivity index (χ1v) is 7.71. The van der Waals surface area contributed by atoms with E-state index in [9.17, 15) is 9.90 Å². The zero-order chi connectivity index (χ0) is 15.9. The van der Waals surface area contributed by atoms with Crippen LogP contribution in [0.2, 0.25) is 0 Å². The van der Waals surface area contributed by atoms with Crippen LogP contribution in [0.4, 0.5) is 0 Å². The SMILES string of the molecule is CCOC(=O)C1CCN(CC(O)c2ccc(C#N)cc2)CC1. The van der Waals surface area contributed by atoms with Gasteiger partial charge < -0.3 is 14.7 Å². The van der Waals surface area contributed by atoms with Crippen molar-refractivity contribution in [2.24, 2.45) is 5.92 Å². The highest BCUT2D eigenvalue weighted by atomic mass is 16.5. The van der Waals surface area contributed by atoms with Gasteiger partial charge in [-0.1, -0.05) is 12.1 Å². The van der Waals surface area contributed by atoms with Crippen LogP contribution in [-0.4, -0.2) is 42.2 Å². The summed E-state index contributed by atoms with van der Waals surface area (Å²) >= 11 is 0. The molecule has 1 aromatic carbocycles. The molecule has 5 nitrogen and oxygen atoms in total. The second kappa shape index (κ2) is 7.92. The number of hydrogen-bond donors (Lipinski definition) is 1. The summed E-state index contributed by atoms with van der Waals surface area (Å²) in [6, 6.07) is 9.06. The fraction of sp³-hybridized carbons (Fsp3) is 0.529. The molecule has 1 atom stereocenters. The summed E-state index contributed by atoms with van der Waals surface area (Å²) in [5, 5.41) is 19.1. The summed E-state index contributed by atoms with van der Waals surface area (Å²) in [6.45, 7) is 4.37. The van der Waals surface area contributed by atoms with Crippen molar-refractivity contribution < 1.29 is 14.6 Å². The number of piperidine rings is 1. The molecule has 1 aromatic rings. The van der Waals surface area contributed by atoms with Crippen molar-refractivity contribution in [3.8, 4) is 6.07 Å². The van der Waals surface area contributed by atoms with Crippen LogP contribution in [0.15, 0.2) is 24.3 Å². The minimum atomic E-state index is -0.577. The molecule has 0 spiro atoms. The number of rotatable bonds is 5. The fourth-order valence-corrected chi connectivity index (χ4v) is 2.74. The van der Waals surface area contributed by atoms with Crippen LogP contribution in [0.5, 0.6) is 0 Å². The van der Waals surface area contributed by atoms with E-state index in [1.54, 1.807) is 24.3 Å². The number of benzene rings is 1. The molecule has 0 bridgehead atoms. The summed E-state index contributed by atoms with van der Waals surface area (Å²) in [7, 11) is 0. The molecule has 1 saturated heterocycles. The first-order valence-electron chi connectivity index (χ1n) is 7.71. The third-order valence-electron chi connectivity index (χ3n) is 4.06. The molecule has 1 aliphatic heterocycles. The van der Waals surface area contributed by atoms with Gasteiger partial charge >= 0.3 is 5.97 Å². The van der Waals surface area contributed by atoms with Crippen LogP contribution in [0, 0.1) is 17.2 Å². The zero-order valence-corrected chi connectivity index (χ0v) is 12.9. The highest BCUT2D eigenvalue weighted by molar-refractivity contribution is 5.72. The van der Waals surface area contributed by atoms with Gasteiger partial charge in [-0.3, -0.25) is 4.79 Å². The van der Waals surface area contributed by atoms with Crippen molar-refractivity contribution in [2.45, 2.75) is 25.9 Å². The van der Waals surface area contributed by atoms with Gasteiger partial charge in [-0.05, 0) is 50.6 Å². The van der Waals surface area contributed by atoms with Crippen LogP contribution in [0.3, 0.4) is 0 Å².